The number of hydrogen-bond donors (Lipinski definition) is 1. The van der Waals surface area contributed by atoms with Crippen molar-refractivity contribution in [3.63, 3.8) is 0 Å². The van der Waals surface area contributed by atoms with Gasteiger partial charge in [-0.2, -0.15) is 0 Å². The van der Waals surface area contributed by atoms with E-state index in [1.807, 2.05) is 13.0 Å². The van der Waals surface area contributed by atoms with E-state index in [0.717, 1.165) is 36.6 Å². The van der Waals surface area contributed by atoms with E-state index >= 15 is 0 Å². The number of anilines is 1. The number of aromatic nitrogens is 3. The fourth-order valence-corrected chi connectivity index (χ4v) is 2.65. The lowest BCUT2D eigenvalue weighted by molar-refractivity contribution is -0.384. The molecule has 0 spiro atoms. The SMILES string of the molecule is Cc1ccc(NCCc2nnc3n2CCC3)c([N+](=O)[O-])c1. The molecule has 1 aliphatic heterocycles. The van der Waals surface area contributed by atoms with Crippen molar-refractivity contribution in [1.82, 2.24) is 14.8 Å². The molecule has 3 rings (SSSR count). The summed E-state index contributed by atoms with van der Waals surface area (Å²) in [5, 5.41) is 22.5. The number of nitro benzene ring substituents is 1. The summed E-state index contributed by atoms with van der Waals surface area (Å²) in [5.74, 6) is 2.00. The Morgan fingerprint density at radius 2 is 2.29 bits per heavy atom. The Bertz CT molecular complexity index is 680. The van der Waals surface area contributed by atoms with Crippen LogP contribution in [0.3, 0.4) is 0 Å². The Morgan fingerprint density at radius 3 is 3.10 bits per heavy atom. The largest absolute Gasteiger partial charge is 0.379 e. The minimum Gasteiger partial charge on any atom is -0.379 e. The average molecular weight is 287 g/mol. The number of fused-ring (bicyclic) bond motifs is 1. The van der Waals surface area contributed by atoms with E-state index in [0.29, 0.717) is 18.7 Å². The van der Waals surface area contributed by atoms with Gasteiger partial charge in [0, 0.05) is 32.0 Å². The van der Waals surface area contributed by atoms with Crippen LogP contribution in [-0.2, 0) is 19.4 Å². The van der Waals surface area contributed by atoms with Crippen LogP contribution in [0.25, 0.3) is 0 Å². The van der Waals surface area contributed by atoms with Gasteiger partial charge in [0.15, 0.2) is 0 Å². The molecule has 7 heteroatoms. The lowest BCUT2D eigenvalue weighted by atomic mass is 10.2. The highest BCUT2D eigenvalue weighted by Gasteiger charge is 2.17. The molecular formula is C14H17N5O2. The van der Waals surface area contributed by atoms with Gasteiger partial charge in [-0.25, -0.2) is 0 Å². The van der Waals surface area contributed by atoms with Crippen molar-refractivity contribution >= 4 is 11.4 Å². The molecule has 0 saturated heterocycles. The first kappa shape index (κ1) is 13.5. The van der Waals surface area contributed by atoms with Crippen LogP contribution in [-0.4, -0.2) is 26.2 Å². The molecule has 0 atom stereocenters. The number of nitro groups is 1. The van der Waals surface area contributed by atoms with Crippen LogP contribution in [0.1, 0.15) is 23.6 Å². The lowest BCUT2D eigenvalue weighted by Gasteiger charge is -2.08. The predicted octanol–water partition coefficient (Wildman–Crippen LogP) is 2.10. The normalized spacial score (nSPS) is 13.2. The maximum Gasteiger partial charge on any atom is 0.292 e. The molecule has 0 saturated carbocycles. The number of rotatable bonds is 5. The fourth-order valence-electron chi connectivity index (χ4n) is 2.65. The second-order valence-electron chi connectivity index (χ2n) is 5.24. The number of hydrogen-bond acceptors (Lipinski definition) is 5. The Labute approximate surface area is 122 Å². The number of benzene rings is 1. The second kappa shape index (κ2) is 5.51. The van der Waals surface area contributed by atoms with Gasteiger partial charge in [0.05, 0.1) is 4.92 Å². The molecule has 1 aromatic carbocycles. The van der Waals surface area contributed by atoms with Crippen LogP contribution in [0.4, 0.5) is 11.4 Å². The van der Waals surface area contributed by atoms with E-state index in [1.54, 1.807) is 12.1 Å². The molecule has 0 amide bonds. The van der Waals surface area contributed by atoms with Gasteiger partial charge in [-0.05, 0) is 25.0 Å². The van der Waals surface area contributed by atoms with Crippen molar-refractivity contribution in [3.8, 4) is 0 Å². The van der Waals surface area contributed by atoms with E-state index in [4.69, 9.17) is 0 Å². The summed E-state index contributed by atoms with van der Waals surface area (Å²) in [6, 6.07) is 5.20. The highest BCUT2D eigenvalue weighted by atomic mass is 16.6. The van der Waals surface area contributed by atoms with Crippen molar-refractivity contribution in [2.45, 2.75) is 32.7 Å². The molecule has 1 aliphatic rings. The molecule has 0 fully saturated rings. The molecule has 1 aromatic heterocycles. The zero-order chi connectivity index (χ0) is 14.8. The summed E-state index contributed by atoms with van der Waals surface area (Å²) in [5.41, 5.74) is 1.54. The molecular weight excluding hydrogens is 270 g/mol. The van der Waals surface area contributed by atoms with Crippen molar-refractivity contribution in [2.24, 2.45) is 0 Å². The molecule has 2 aromatic rings. The number of nitrogens with one attached hydrogen (secondary N) is 1. The minimum absolute atomic E-state index is 0.112. The molecule has 0 radical (unpaired) electrons. The van der Waals surface area contributed by atoms with Crippen LogP contribution in [0, 0.1) is 17.0 Å². The smallest absolute Gasteiger partial charge is 0.292 e. The Balaban J connectivity index is 1.67. The maximum atomic E-state index is 11.1. The molecule has 110 valence electrons. The summed E-state index contributed by atoms with van der Waals surface area (Å²) >= 11 is 0. The summed E-state index contributed by atoms with van der Waals surface area (Å²) in [7, 11) is 0. The van der Waals surface area contributed by atoms with Gasteiger partial charge in [-0.15, -0.1) is 10.2 Å². The van der Waals surface area contributed by atoms with Gasteiger partial charge in [0.2, 0.25) is 0 Å². The Hall–Kier alpha value is -2.44. The Morgan fingerprint density at radius 1 is 1.43 bits per heavy atom. The van der Waals surface area contributed by atoms with Crippen molar-refractivity contribution in [3.05, 3.63) is 45.5 Å². The highest BCUT2D eigenvalue weighted by molar-refractivity contribution is 5.62. The standard InChI is InChI=1S/C14H17N5O2/c1-10-4-5-11(12(9-10)19(20)21)15-7-6-14-17-16-13-3-2-8-18(13)14/h4-5,9,15H,2-3,6-8H2,1H3. The summed E-state index contributed by atoms with van der Waals surface area (Å²) in [6.07, 6.45) is 2.82. The predicted molar refractivity (Wildman–Crippen MR) is 78.4 cm³/mol. The van der Waals surface area contributed by atoms with E-state index in [2.05, 4.69) is 20.1 Å². The van der Waals surface area contributed by atoms with Crippen LogP contribution < -0.4 is 5.32 Å². The molecule has 7 nitrogen and oxygen atoms in total. The monoisotopic (exact) mass is 287 g/mol. The van der Waals surface area contributed by atoms with Crippen molar-refractivity contribution in [2.75, 3.05) is 11.9 Å². The third-order valence-electron chi connectivity index (χ3n) is 3.70. The Kier molecular flexibility index (Phi) is 3.55. The fraction of sp³-hybridized carbons (Fsp3) is 0.429. The first-order valence-electron chi connectivity index (χ1n) is 7.05. The zero-order valence-corrected chi connectivity index (χ0v) is 11.9. The van der Waals surface area contributed by atoms with Crippen molar-refractivity contribution in [1.29, 1.82) is 0 Å². The van der Waals surface area contributed by atoms with Gasteiger partial charge >= 0.3 is 0 Å². The van der Waals surface area contributed by atoms with E-state index in [9.17, 15) is 10.1 Å². The maximum absolute atomic E-state index is 11.1. The van der Waals surface area contributed by atoms with Crippen LogP contribution >= 0.6 is 0 Å². The molecule has 2 heterocycles. The second-order valence-corrected chi connectivity index (χ2v) is 5.24. The summed E-state index contributed by atoms with van der Waals surface area (Å²) in [4.78, 5) is 10.7. The van der Waals surface area contributed by atoms with Gasteiger partial charge in [0.25, 0.3) is 5.69 Å². The van der Waals surface area contributed by atoms with Crippen LogP contribution in [0.5, 0.6) is 0 Å². The molecule has 1 N–H and O–H groups in total. The van der Waals surface area contributed by atoms with Crippen molar-refractivity contribution < 1.29 is 4.92 Å². The first-order valence-corrected chi connectivity index (χ1v) is 7.05. The highest BCUT2D eigenvalue weighted by Crippen LogP contribution is 2.25. The number of aryl methyl sites for hydroxylation is 2. The van der Waals surface area contributed by atoms with E-state index < -0.39 is 0 Å². The van der Waals surface area contributed by atoms with E-state index in [-0.39, 0.29) is 10.6 Å². The van der Waals surface area contributed by atoms with Gasteiger partial charge in [-0.1, -0.05) is 6.07 Å². The van der Waals surface area contributed by atoms with Crippen LogP contribution in [0.15, 0.2) is 18.2 Å². The quantitative estimate of drug-likeness (QED) is 0.672. The van der Waals surface area contributed by atoms with E-state index in [1.165, 1.54) is 0 Å². The zero-order valence-electron chi connectivity index (χ0n) is 11.9. The molecule has 0 unspecified atom stereocenters. The van der Waals surface area contributed by atoms with Gasteiger partial charge in [-0.3, -0.25) is 10.1 Å². The minimum atomic E-state index is -0.357. The van der Waals surface area contributed by atoms with Gasteiger partial charge in [0.1, 0.15) is 17.3 Å². The van der Waals surface area contributed by atoms with Gasteiger partial charge < -0.3 is 9.88 Å². The third kappa shape index (κ3) is 2.72. The lowest BCUT2D eigenvalue weighted by Crippen LogP contribution is -2.11. The average Bonchev–Trinajstić information content (AvgIpc) is 3.04. The molecule has 0 aliphatic carbocycles. The topological polar surface area (TPSA) is 85.9 Å². The van der Waals surface area contributed by atoms with Crippen LogP contribution in [0.2, 0.25) is 0 Å². The molecule has 0 bridgehead atoms. The summed E-state index contributed by atoms with van der Waals surface area (Å²) in [6.45, 7) is 3.42. The number of nitrogens with zero attached hydrogens (tertiary/aromatic N) is 4. The summed E-state index contributed by atoms with van der Waals surface area (Å²) < 4.78 is 2.14. The third-order valence-corrected chi connectivity index (χ3v) is 3.70. The first-order chi connectivity index (χ1) is 10.1. The molecule has 21 heavy (non-hydrogen) atoms.